The Balaban J connectivity index is 1.71. The maximum Gasteiger partial charge on any atom is 0.239 e. The van der Waals surface area contributed by atoms with Crippen LogP contribution in [0.25, 0.3) is 0 Å². The molecule has 24 heavy (non-hydrogen) atoms. The minimum Gasteiger partial charge on any atom is -0.368 e. The van der Waals surface area contributed by atoms with Gasteiger partial charge in [0, 0.05) is 38.1 Å². The van der Waals surface area contributed by atoms with Gasteiger partial charge in [0.2, 0.25) is 11.9 Å². The van der Waals surface area contributed by atoms with Gasteiger partial charge in [0.25, 0.3) is 0 Å². The molecule has 6 heteroatoms. The fourth-order valence-electron chi connectivity index (χ4n) is 3.04. The molecule has 0 aliphatic carbocycles. The van der Waals surface area contributed by atoms with Gasteiger partial charge in [-0.1, -0.05) is 30.3 Å². The molecule has 2 aromatic rings. The largest absolute Gasteiger partial charge is 0.368 e. The molecule has 2 heterocycles. The number of rotatable bonds is 4. The molecule has 0 bridgehead atoms. The van der Waals surface area contributed by atoms with Gasteiger partial charge in [-0.05, 0) is 25.0 Å². The first kappa shape index (κ1) is 16.4. The summed E-state index contributed by atoms with van der Waals surface area (Å²) >= 11 is 0. The predicted octanol–water partition coefficient (Wildman–Crippen LogP) is 1.44. The van der Waals surface area contributed by atoms with Crippen LogP contribution in [0.1, 0.15) is 22.9 Å². The third-order valence-electron chi connectivity index (χ3n) is 4.56. The van der Waals surface area contributed by atoms with Gasteiger partial charge in [-0.15, -0.1) is 0 Å². The van der Waals surface area contributed by atoms with Crippen molar-refractivity contribution in [1.29, 1.82) is 0 Å². The molecule has 1 aliphatic heterocycles. The zero-order chi connectivity index (χ0) is 17.1. The van der Waals surface area contributed by atoms with E-state index < -0.39 is 0 Å². The van der Waals surface area contributed by atoms with Crippen molar-refractivity contribution in [2.75, 3.05) is 31.1 Å². The summed E-state index contributed by atoms with van der Waals surface area (Å²) in [6.45, 7) is 7.06. The molecule has 1 saturated heterocycles. The molecule has 0 radical (unpaired) electrons. The summed E-state index contributed by atoms with van der Waals surface area (Å²) in [5, 5.41) is 0. The van der Waals surface area contributed by atoms with E-state index in [1.54, 1.807) is 0 Å². The molecule has 3 rings (SSSR count). The highest BCUT2D eigenvalue weighted by Crippen LogP contribution is 2.23. The summed E-state index contributed by atoms with van der Waals surface area (Å²) < 4.78 is 0. The van der Waals surface area contributed by atoms with Gasteiger partial charge in [0.1, 0.15) is 6.04 Å². The zero-order valence-corrected chi connectivity index (χ0v) is 14.1. The van der Waals surface area contributed by atoms with Crippen LogP contribution >= 0.6 is 0 Å². The van der Waals surface area contributed by atoms with Gasteiger partial charge >= 0.3 is 0 Å². The van der Waals surface area contributed by atoms with Crippen LogP contribution in [0.2, 0.25) is 0 Å². The van der Waals surface area contributed by atoms with Crippen molar-refractivity contribution in [3.8, 4) is 0 Å². The second-order valence-electron chi connectivity index (χ2n) is 6.18. The number of aryl methyl sites for hydroxylation is 2. The van der Waals surface area contributed by atoms with Gasteiger partial charge in [-0.2, -0.15) is 0 Å². The molecule has 1 aliphatic rings. The first-order valence-corrected chi connectivity index (χ1v) is 8.20. The van der Waals surface area contributed by atoms with E-state index in [9.17, 15) is 4.79 Å². The molecular weight excluding hydrogens is 302 g/mol. The number of piperazine rings is 1. The van der Waals surface area contributed by atoms with Gasteiger partial charge in [0.15, 0.2) is 0 Å². The van der Waals surface area contributed by atoms with Crippen LogP contribution in [0, 0.1) is 13.8 Å². The molecule has 0 unspecified atom stereocenters. The van der Waals surface area contributed by atoms with Crippen LogP contribution in [-0.4, -0.2) is 47.0 Å². The van der Waals surface area contributed by atoms with Crippen molar-refractivity contribution in [3.63, 3.8) is 0 Å². The highest BCUT2D eigenvalue weighted by atomic mass is 16.1. The molecule has 1 aromatic heterocycles. The van der Waals surface area contributed by atoms with E-state index in [2.05, 4.69) is 19.8 Å². The second-order valence-corrected chi connectivity index (χ2v) is 6.18. The van der Waals surface area contributed by atoms with Crippen molar-refractivity contribution >= 4 is 11.9 Å². The van der Waals surface area contributed by atoms with E-state index in [-0.39, 0.29) is 11.9 Å². The lowest BCUT2D eigenvalue weighted by Crippen LogP contribution is -2.50. The Morgan fingerprint density at radius 2 is 1.79 bits per heavy atom. The van der Waals surface area contributed by atoms with Crippen LogP contribution in [0.3, 0.4) is 0 Å². The average Bonchev–Trinajstić information content (AvgIpc) is 2.59. The van der Waals surface area contributed by atoms with Crippen LogP contribution in [0.5, 0.6) is 0 Å². The monoisotopic (exact) mass is 325 g/mol. The van der Waals surface area contributed by atoms with E-state index in [0.29, 0.717) is 0 Å². The number of carbonyl (C=O) groups excluding carboxylic acids is 1. The number of hydrogen-bond acceptors (Lipinski definition) is 5. The van der Waals surface area contributed by atoms with Gasteiger partial charge in [-0.25, -0.2) is 9.97 Å². The number of aromatic nitrogens is 2. The Bertz CT molecular complexity index is 711. The number of carbonyl (C=O) groups is 1. The normalized spacial score (nSPS) is 16.8. The van der Waals surface area contributed by atoms with E-state index in [1.165, 1.54) is 0 Å². The van der Waals surface area contributed by atoms with Crippen LogP contribution in [-0.2, 0) is 4.79 Å². The van der Waals surface area contributed by atoms with E-state index in [0.717, 1.165) is 48.9 Å². The number of primary amides is 1. The minimum absolute atomic E-state index is 0.308. The van der Waals surface area contributed by atoms with Crippen LogP contribution in [0.4, 0.5) is 5.95 Å². The Morgan fingerprint density at radius 1 is 1.12 bits per heavy atom. The molecule has 1 atom stereocenters. The quantitative estimate of drug-likeness (QED) is 0.921. The fraction of sp³-hybridized carbons (Fsp3) is 0.389. The lowest BCUT2D eigenvalue weighted by Gasteiger charge is -2.38. The van der Waals surface area contributed by atoms with Crippen LogP contribution < -0.4 is 10.6 Å². The molecule has 126 valence electrons. The SMILES string of the molecule is Cc1cnc(N2CCN([C@H](C(N)=O)c3ccccc3)CC2)nc1C. The minimum atomic E-state index is -0.381. The second kappa shape index (κ2) is 6.97. The molecule has 1 amide bonds. The zero-order valence-electron chi connectivity index (χ0n) is 14.1. The number of nitrogens with two attached hydrogens (primary N) is 1. The highest BCUT2D eigenvalue weighted by molar-refractivity contribution is 5.81. The van der Waals surface area contributed by atoms with Crippen molar-refractivity contribution in [1.82, 2.24) is 14.9 Å². The fourth-order valence-corrected chi connectivity index (χ4v) is 3.04. The topological polar surface area (TPSA) is 75.3 Å². The number of benzene rings is 1. The molecule has 2 N–H and O–H groups in total. The van der Waals surface area contributed by atoms with Gasteiger partial charge in [-0.3, -0.25) is 9.69 Å². The van der Waals surface area contributed by atoms with Crippen LogP contribution in [0.15, 0.2) is 36.5 Å². The number of hydrogen-bond donors (Lipinski definition) is 1. The lowest BCUT2D eigenvalue weighted by molar-refractivity contribution is -0.123. The first-order chi connectivity index (χ1) is 11.6. The maximum absolute atomic E-state index is 12.0. The van der Waals surface area contributed by atoms with Gasteiger partial charge < -0.3 is 10.6 Å². The Morgan fingerprint density at radius 3 is 2.38 bits per heavy atom. The summed E-state index contributed by atoms with van der Waals surface area (Å²) in [7, 11) is 0. The Kier molecular flexibility index (Phi) is 4.76. The maximum atomic E-state index is 12.0. The molecule has 1 fully saturated rings. The predicted molar refractivity (Wildman–Crippen MR) is 93.7 cm³/mol. The third kappa shape index (κ3) is 3.38. The molecule has 0 spiro atoms. The van der Waals surface area contributed by atoms with E-state index >= 15 is 0 Å². The van der Waals surface area contributed by atoms with E-state index in [4.69, 9.17) is 5.73 Å². The van der Waals surface area contributed by atoms with Crippen molar-refractivity contribution in [2.45, 2.75) is 19.9 Å². The van der Waals surface area contributed by atoms with E-state index in [1.807, 2.05) is 50.4 Å². The summed E-state index contributed by atoms with van der Waals surface area (Å²) in [5.41, 5.74) is 8.70. The molecule has 1 aromatic carbocycles. The van der Waals surface area contributed by atoms with Gasteiger partial charge in [0.05, 0.1) is 0 Å². The molecule has 0 saturated carbocycles. The number of amides is 1. The first-order valence-electron chi connectivity index (χ1n) is 8.20. The Hall–Kier alpha value is -2.47. The summed E-state index contributed by atoms with van der Waals surface area (Å²) in [4.78, 5) is 25.3. The summed E-state index contributed by atoms with van der Waals surface area (Å²) in [6, 6.07) is 9.34. The third-order valence-corrected chi connectivity index (χ3v) is 4.56. The number of nitrogens with zero attached hydrogens (tertiary/aromatic N) is 4. The summed E-state index contributed by atoms with van der Waals surface area (Å²) in [6.07, 6.45) is 1.86. The standard InChI is InChI=1S/C18H23N5O/c1-13-12-20-18(21-14(13)2)23-10-8-22(9-11-23)16(17(19)24)15-6-4-3-5-7-15/h3-7,12,16H,8-11H2,1-2H3,(H2,19,24)/t16-/m0/s1. The summed E-state index contributed by atoms with van der Waals surface area (Å²) in [5.74, 6) is 0.449. The Labute approximate surface area is 142 Å². The van der Waals surface area contributed by atoms with Crippen molar-refractivity contribution < 1.29 is 4.79 Å². The highest BCUT2D eigenvalue weighted by Gasteiger charge is 2.29. The smallest absolute Gasteiger partial charge is 0.239 e. The van der Waals surface area contributed by atoms with Crippen molar-refractivity contribution in [3.05, 3.63) is 53.3 Å². The van der Waals surface area contributed by atoms with Crippen molar-refractivity contribution in [2.24, 2.45) is 5.73 Å². The molecular formula is C18H23N5O. The molecule has 6 nitrogen and oxygen atoms in total. The number of anilines is 1. The lowest BCUT2D eigenvalue weighted by atomic mass is 10.0. The average molecular weight is 325 g/mol.